The summed E-state index contributed by atoms with van der Waals surface area (Å²) in [5.41, 5.74) is -7.56. The van der Waals surface area contributed by atoms with Crippen LogP contribution in [0, 0.1) is 5.41 Å². The van der Waals surface area contributed by atoms with Gasteiger partial charge in [-0.05, 0) is 62.6 Å². The van der Waals surface area contributed by atoms with E-state index >= 15 is 0 Å². The Labute approximate surface area is 290 Å². The van der Waals surface area contributed by atoms with Gasteiger partial charge >= 0.3 is 30.6 Å². The normalized spacial score (nSPS) is 16.7. The maximum atomic E-state index is 14.0. The zero-order valence-electron chi connectivity index (χ0n) is 27.6. The highest BCUT2D eigenvalue weighted by Crippen LogP contribution is 2.45. The molecule has 2 atom stereocenters. The first-order valence-electron chi connectivity index (χ1n) is 15.4. The number of ether oxygens (including phenoxy) is 2. The summed E-state index contributed by atoms with van der Waals surface area (Å²) >= 11 is 0. The first kappa shape index (κ1) is 39.9. The molecule has 3 heterocycles. The molecule has 0 radical (unpaired) electrons. The van der Waals surface area contributed by atoms with Gasteiger partial charge in [-0.3, -0.25) is 9.69 Å². The Balaban J connectivity index is 1.92. The van der Waals surface area contributed by atoms with E-state index in [2.05, 4.69) is 15.0 Å². The SMILES string of the molecule is CC[C@@H]1CC(N(Cc2cc(C(F)(F)F)cc(C(F)(F)F)c2)c2ncc(OCCO)cn2)c2nc(C(F)(F)F)ccc2N1C(=O)OCC(C)(C)C(=O)O. The highest BCUT2D eigenvalue weighted by atomic mass is 19.4. The lowest BCUT2D eigenvalue weighted by Crippen LogP contribution is -2.49. The highest BCUT2D eigenvalue weighted by molar-refractivity contribution is 5.90. The van der Waals surface area contributed by atoms with Crippen LogP contribution in [0.25, 0.3) is 0 Å². The van der Waals surface area contributed by atoms with Crippen molar-refractivity contribution in [1.29, 1.82) is 0 Å². The van der Waals surface area contributed by atoms with Crippen molar-refractivity contribution in [2.75, 3.05) is 29.6 Å². The molecule has 3 aromatic rings. The minimum Gasteiger partial charge on any atom is -0.488 e. The number of carbonyl (C=O) groups excluding carboxylic acids is 1. The Morgan fingerprint density at radius 1 is 0.942 bits per heavy atom. The molecule has 0 bridgehead atoms. The molecule has 1 unspecified atom stereocenters. The van der Waals surface area contributed by atoms with Gasteiger partial charge in [-0.15, -0.1) is 0 Å². The average Bonchev–Trinajstić information content (AvgIpc) is 3.06. The molecule has 1 aromatic carbocycles. The maximum Gasteiger partial charge on any atom is 0.433 e. The Kier molecular flexibility index (Phi) is 11.5. The number of aliphatic hydroxyl groups is 1. The van der Waals surface area contributed by atoms with Gasteiger partial charge in [0.05, 0.1) is 53.0 Å². The predicted molar refractivity (Wildman–Crippen MR) is 163 cm³/mol. The fourth-order valence-electron chi connectivity index (χ4n) is 5.31. The molecule has 11 nitrogen and oxygen atoms in total. The summed E-state index contributed by atoms with van der Waals surface area (Å²) in [4.78, 5) is 39.2. The fraction of sp³-hybridized carbons (Fsp3) is 0.469. The van der Waals surface area contributed by atoms with Crippen molar-refractivity contribution in [3.63, 3.8) is 0 Å². The number of alkyl halides is 9. The number of aliphatic carboxylic acids is 1. The average molecular weight is 754 g/mol. The third kappa shape index (κ3) is 9.12. The zero-order valence-corrected chi connectivity index (χ0v) is 27.6. The number of pyridine rings is 1. The summed E-state index contributed by atoms with van der Waals surface area (Å²) in [6.07, 6.45) is -14.7. The van der Waals surface area contributed by atoms with Crippen molar-refractivity contribution in [3.05, 3.63) is 70.8 Å². The van der Waals surface area contributed by atoms with E-state index in [1.807, 2.05) is 0 Å². The molecule has 0 saturated carbocycles. The molecular formula is C32H32F9N5O6. The third-order valence-electron chi connectivity index (χ3n) is 8.04. The molecule has 0 aliphatic carbocycles. The van der Waals surface area contributed by atoms with Crippen LogP contribution in [-0.4, -0.2) is 63.1 Å². The van der Waals surface area contributed by atoms with Crippen LogP contribution < -0.4 is 14.5 Å². The molecule has 0 saturated heterocycles. The third-order valence-corrected chi connectivity index (χ3v) is 8.04. The Morgan fingerprint density at radius 2 is 1.54 bits per heavy atom. The highest BCUT2D eigenvalue weighted by Gasteiger charge is 2.44. The number of rotatable bonds is 11. The molecule has 2 aromatic heterocycles. The molecule has 1 aliphatic rings. The predicted octanol–water partition coefficient (Wildman–Crippen LogP) is 7.28. The summed E-state index contributed by atoms with van der Waals surface area (Å²) < 4.78 is 135. The summed E-state index contributed by atoms with van der Waals surface area (Å²) in [6.45, 7) is 2.10. The van der Waals surface area contributed by atoms with Gasteiger partial charge in [0, 0.05) is 12.6 Å². The molecule has 1 aliphatic heterocycles. The van der Waals surface area contributed by atoms with Crippen LogP contribution in [0.15, 0.2) is 42.7 Å². The second-order valence-electron chi connectivity index (χ2n) is 12.4. The summed E-state index contributed by atoms with van der Waals surface area (Å²) in [7, 11) is 0. The molecule has 1 amide bonds. The monoisotopic (exact) mass is 753 g/mol. The number of carboxylic acid groups (broad SMARTS) is 1. The number of hydrogen-bond donors (Lipinski definition) is 2. The molecular weight excluding hydrogens is 721 g/mol. The van der Waals surface area contributed by atoms with Crippen LogP contribution >= 0.6 is 0 Å². The van der Waals surface area contributed by atoms with E-state index in [1.54, 1.807) is 6.92 Å². The number of carbonyl (C=O) groups is 2. The van der Waals surface area contributed by atoms with E-state index in [1.165, 1.54) is 13.8 Å². The van der Waals surface area contributed by atoms with E-state index in [4.69, 9.17) is 14.6 Å². The van der Waals surface area contributed by atoms with Gasteiger partial charge in [-0.25, -0.2) is 19.7 Å². The van der Waals surface area contributed by atoms with E-state index in [-0.39, 0.29) is 42.9 Å². The van der Waals surface area contributed by atoms with Crippen LogP contribution in [0.2, 0.25) is 0 Å². The number of aliphatic hydroxyl groups excluding tert-OH is 1. The molecule has 0 spiro atoms. The van der Waals surface area contributed by atoms with Crippen LogP contribution in [0.1, 0.15) is 67.7 Å². The number of fused-ring (bicyclic) bond motifs is 1. The van der Waals surface area contributed by atoms with Crippen LogP contribution in [0.3, 0.4) is 0 Å². The van der Waals surface area contributed by atoms with Gasteiger partial charge in [-0.1, -0.05) is 6.92 Å². The van der Waals surface area contributed by atoms with Crippen molar-refractivity contribution in [3.8, 4) is 5.75 Å². The summed E-state index contributed by atoms with van der Waals surface area (Å²) in [5, 5.41) is 18.5. The van der Waals surface area contributed by atoms with E-state index in [0.29, 0.717) is 18.2 Å². The van der Waals surface area contributed by atoms with Crippen molar-refractivity contribution < 1.29 is 68.8 Å². The van der Waals surface area contributed by atoms with Gasteiger partial charge in [0.2, 0.25) is 5.95 Å². The van der Waals surface area contributed by atoms with Crippen molar-refractivity contribution in [2.24, 2.45) is 5.41 Å². The summed E-state index contributed by atoms with van der Waals surface area (Å²) in [5.74, 6) is -1.68. The minimum atomic E-state index is -5.22. The zero-order chi connectivity index (χ0) is 38.8. The largest absolute Gasteiger partial charge is 0.488 e. The molecule has 2 N–H and O–H groups in total. The van der Waals surface area contributed by atoms with Gasteiger partial charge in [-0.2, -0.15) is 39.5 Å². The smallest absolute Gasteiger partial charge is 0.433 e. The number of hydrogen-bond acceptors (Lipinski definition) is 9. The van der Waals surface area contributed by atoms with E-state index in [9.17, 15) is 54.2 Å². The lowest BCUT2D eigenvalue weighted by Gasteiger charge is -2.43. The topological polar surface area (TPSA) is 138 Å². The van der Waals surface area contributed by atoms with E-state index in [0.717, 1.165) is 28.3 Å². The number of aromatic nitrogens is 3. The molecule has 284 valence electrons. The fourth-order valence-corrected chi connectivity index (χ4v) is 5.31. The summed E-state index contributed by atoms with van der Waals surface area (Å²) in [6, 6.07) is -0.0159. The number of benzene rings is 1. The van der Waals surface area contributed by atoms with E-state index < -0.39 is 95.9 Å². The van der Waals surface area contributed by atoms with Crippen molar-refractivity contribution in [2.45, 2.75) is 70.8 Å². The maximum absolute atomic E-state index is 14.0. The van der Waals surface area contributed by atoms with Crippen LogP contribution in [-0.2, 0) is 34.6 Å². The van der Waals surface area contributed by atoms with Gasteiger partial charge in [0.25, 0.3) is 0 Å². The van der Waals surface area contributed by atoms with Gasteiger partial charge < -0.3 is 24.6 Å². The van der Waals surface area contributed by atoms with Gasteiger partial charge in [0.15, 0.2) is 5.75 Å². The number of anilines is 2. The lowest BCUT2D eigenvalue weighted by atomic mass is 9.91. The molecule has 20 heteroatoms. The van der Waals surface area contributed by atoms with Crippen molar-refractivity contribution >= 4 is 23.7 Å². The van der Waals surface area contributed by atoms with Crippen molar-refractivity contribution in [1.82, 2.24) is 15.0 Å². The lowest BCUT2D eigenvalue weighted by molar-refractivity contribution is -0.149. The number of amides is 1. The minimum absolute atomic E-state index is 0.00217. The second kappa shape index (κ2) is 15.0. The number of nitrogens with zero attached hydrogens (tertiary/aromatic N) is 5. The van der Waals surface area contributed by atoms with Crippen LogP contribution in [0.5, 0.6) is 5.75 Å². The molecule has 52 heavy (non-hydrogen) atoms. The Morgan fingerprint density at radius 3 is 2.04 bits per heavy atom. The Bertz CT molecular complexity index is 1720. The molecule has 0 fully saturated rings. The Hall–Kier alpha value is -4.88. The van der Waals surface area contributed by atoms with Gasteiger partial charge in [0.1, 0.15) is 18.9 Å². The first-order chi connectivity index (χ1) is 24.1. The number of halogens is 9. The standard InChI is InChI=1S/C32H32F9N5O6/c1-4-20-12-23(25-22(5-6-24(44-25)32(39,40)41)46(20)28(50)52-16-29(2,3)26(48)49)45(27-42-13-21(14-43-27)51-8-7-47)15-17-9-18(30(33,34)35)11-19(10-17)31(36,37)38/h5-6,9-11,13-14,20,23,47H,4,7-8,12,15-16H2,1-3H3,(H,48,49)/t20-,23?/m1/s1. The second-order valence-corrected chi connectivity index (χ2v) is 12.4. The quantitative estimate of drug-likeness (QED) is 0.192. The molecule has 4 rings (SSSR count). The number of carboxylic acids is 1. The van der Waals surface area contributed by atoms with Crippen LogP contribution in [0.4, 0.5) is 55.9 Å². The first-order valence-corrected chi connectivity index (χ1v) is 15.4.